The van der Waals surface area contributed by atoms with E-state index in [1.807, 2.05) is 6.92 Å². The van der Waals surface area contributed by atoms with E-state index in [0.29, 0.717) is 30.2 Å². The highest BCUT2D eigenvalue weighted by Gasteiger charge is 2.18. The fourth-order valence-corrected chi connectivity index (χ4v) is 2.31. The van der Waals surface area contributed by atoms with E-state index in [9.17, 15) is 4.79 Å². The lowest BCUT2D eigenvalue weighted by molar-refractivity contribution is 0.0898. The summed E-state index contributed by atoms with van der Waals surface area (Å²) in [5.74, 6) is 0.333. The molecule has 0 aliphatic rings. The van der Waals surface area contributed by atoms with Crippen LogP contribution in [0.25, 0.3) is 0 Å². The summed E-state index contributed by atoms with van der Waals surface area (Å²) >= 11 is 6.78. The van der Waals surface area contributed by atoms with Crippen LogP contribution in [0.15, 0.2) is 0 Å². The molecular weight excluding hydrogens is 262 g/mol. The Bertz CT molecular complexity index is 353. The smallest absolute Gasteiger partial charge is 0.265 e. The number of aryl methyl sites for hydroxylation is 1. The fourth-order valence-electron chi connectivity index (χ4n) is 1.39. The Balaban J connectivity index is 2.63. The van der Waals surface area contributed by atoms with Crippen molar-refractivity contribution in [3.05, 3.63) is 10.6 Å². The topological polar surface area (TPSA) is 64.1 Å². The lowest BCUT2D eigenvalue weighted by atomic mass is 10.2. The predicted molar refractivity (Wildman–Crippen MR) is 67.8 cm³/mol. The minimum Gasteiger partial charge on any atom is -0.383 e. The number of amides is 1. The van der Waals surface area contributed by atoms with E-state index in [-0.39, 0.29) is 11.9 Å². The lowest BCUT2D eigenvalue weighted by Crippen LogP contribution is -2.38. The predicted octanol–water partition coefficient (Wildman–Crippen LogP) is 1.47. The molecule has 5 nitrogen and oxygen atoms in total. The van der Waals surface area contributed by atoms with Gasteiger partial charge in [-0.1, -0.05) is 11.4 Å². The fraction of sp³-hybridized carbons (Fsp3) is 0.700. The van der Waals surface area contributed by atoms with E-state index in [1.165, 1.54) is 0 Å². The van der Waals surface area contributed by atoms with Gasteiger partial charge in [0.25, 0.3) is 5.91 Å². The van der Waals surface area contributed by atoms with Crippen molar-refractivity contribution in [2.45, 2.75) is 25.8 Å². The second-order valence-electron chi connectivity index (χ2n) is 3.51. The summed E-state index contributed by atoms with van der Waals surface area (Å²) in [6.45, 7) is 2.39. The zero-order chi connectivity index (χ0) is 12.7. The molecule has 0 saturated carbocycles. The van der Waals surface area contributed by atoms with Crippen LogP contribution in [-0.4, -0.2) is 41.1 Å². The molecular formula is C10H16ClN3O2S. The summed E-state index contributed by atoms with van der Waals surface area (Å²) in [5.41, 5.74) is 0.731. The highest BCUT2D eigenvalue weighted by Crippen LogP contribution is 2.11. The van der Waals surface area contributed by atoms with Gasteiger partial charge in [0.2, 0.25) is 0 Å². The molecule has 0 aliphatic carbocycles. The van der Waals surface area contributed by atoms with Crippen molar-refractivity contribution in [3.8, 4) is 0 Å². The summed E-state index contributed by atoms with van der Waals surface area (Å²) in [4.78, 5) is 12.5. The molecule has 1 aromatic rings. The van der Waals surface area contributed by atoms with Crippen LogP contribution in [0.1, 0.15) is 28.7 Å². The van der Waals surface area contributed by atoms with Gasteiger partial charge in [-0.25, -0.2) is 0 Å². The van der Waals surface area contributed by atoms with Gasteiger partial charge in [0, 0.05) is 13.0 Å². The first-order valence-corrected chi connectivity index (χ1v) is 6.70. The first kappa shape index (κ1) is 14.3. The van der Waals surface area contributed by atoms with Gasteiger partial charge in [-0.15, -0.1) is 16.7 Å². The maximum absolute atomic E-state index is 12.0. The average Bonchev–Trinajstić information content (AvgIpc) is 2.77. The minimum absolute atomic E-state index is 0.0724. The number of halogens is 1. The van der Waals surface area contributed by atoms with Gasteiger partial charge in [-0.05, 0) is 24.4 Å². The van der Waals surface area contributed by atoms with E-state index in [2.05, 4.69) is 14.9 Å². The van der Waals surface area contributed by atoms with Crippen molar-refractivity contribution in [2.75, 3.05) is 19.6 Å². The number of nitrogens with one attached hydrogen (secondary N) is 1. The number of methoxy groups -OCH3 is 1. The van der Waals surface area contributed by atoms with Crippen molar-refractivity contribution in [1.82, 2.24) is 14.9 Å². The quantitative estimate of drug-likeness (QED) is 0.767. The average molecular weight is 278 g/mol. The largest absolute Gasteiger partial charge is 0.383 e. The van der Waals surface area contributed by atoms with Gasteiger partial charge in [-0.3, -0.25) is 4.79 Å². The maximum Gasteiger partial charge on any atom is 0.265 e. The van der Waals surface area contributed by atoms with E-state index in [1.54, 1.807) is 7.11 Å². The molecule has 17 heavy (non-hydrogen) atoms. The summed E-state index contributed by atoms with van der Waals surface area (Å²) in [6, 6.07) is -0.0724. The first-order chi connectivity index (χ1) is 8.22. The van der Waals surface area contributed by atoms with Crippen LogP contribution in [0, 0.1) is 0 Å². The molecule has 1 amide bonds. The molecule has 1 rings (SSSR count). The Hall–Kier alpha value is -0.720. The van der Waals surface area contributed by atoms with Crippen molar-refractivity contribution in [3.63, 3.8) is 0 Å². The lowest BCUT2D eigenvalue weighted by Gasteiger charge is -2.16. The Kier molecular flexibility index (Phi) is 6.39. The molecule has 1 heterocycles. The Morgan fingerprint density at radius 3 is 3.00 bits per heavy atom. The third-order valence-corrected chi connectivity index (χ3v) is 3.24. The van der Waals surface area contributed by atoms with Crippen LogP contribution in [0.4, 0.5) is 0 Å². The Morgan fingerprint density at radius 1 is 1.65 bits per heavy atom. The zero-order valence-electron chi connectivity index (χ0n) is 9.90. The Morgan fingerprint density at radius 2 is 2.41 bits per heavy atom. The van der Waals surface area contributed by atoms with Gasteiger partial charge in [0.05, 0.1) is 18.3 Å². The van der Waals surface area contributed by atoms with Crippen LogP contribution < -0.4 is 5.32 Å². The highest BCUT2D eigenvalue weighted by molar-refractivity contribution is 7.08. The van der Waals surface area contributed by atoms with Gasteiger partial charge < -0.3 is 10.1 Å². The standard InChI is InChI=1S/C10H16ClN3O2S/c1-3-8-9(17-14-13-8)10(15)12-7(4-5-11)6-16-2/h7H,3-6H2,1-2H3,(H,12,15). The van der Waals surface area contributed by atoms with Crippen molar-refractivity contribution < 1.29 is 9.53 Å². The van der Waals surface area contributed by atoms with Crippen LogP contribution in [0.2, 0.25) is 0 Å². The van der Waals surface area contributed by atoms with Crippen molar-refractivity contribution in [2.24, 2.45) is 0 Å². The van der Waals surface area contributed by atoms with E-state index in [4.69, 9.17) is 16.3 Å². The number of rotatable bonds is 7. The van der Waals surface area contributed by atoms with E-state index in [0.717, 1.165) is 17.2 Å². The number of carbonyl (C=O) groups is 1. The molecule has 0 radical (unpaired) electrons. The number of nitrogens with zero attached hydrogens (tertiary/aromatic N) is 2. The second kappa shape index (κ2) is 7.58. The molecule has 0 spiro atoms. The van der Waals surface area contributed by atoms with Crippen LogP contribution >= 0.6 is 23.1 Å². The number of hydrogen-bond acceptors (Lipinski definition) is 5. The molecule has 0 saturated heterocycles. The van der Waals surface area contributed by atoms with Crippen LogP contribution in [0.3, 0.4) is 0 Å². The monoisotopic (exact) mass is 277 g/mol. The molecule has 0 aliphatic heterocycles. The molecule has 7 heteroatoms. The highest BCUT2D eigenvalue weighted by atomic mass is 35.5. The number of hydrogen-bond donors (Lipinski definition) is 1. The Labute approximate surface area is 110 Å². The molecule has 1 unspecified atom stereocenters. The van der Waals surface area contributed by atoms with Crippen LogP contribution in [0.5, 0.6) is 0 Å². The molecule has 96 valence electrons. The van der Waals surface area contributed by atoms with Gasteiger partial charge in [0.1, 0.15) is 4.88 Å². The van der Waals surface area contributed by atoms with Crippen molar-refractivity contribution in [1.29, 1.82) is 0 Å². The van der Waals surface area contributed by atoms with Gasteiger partial charge >= 0.3 is 0 Å². The summed E-state index contributed by atoms with van der Waals surface area (Å²) in [5, 5.41) is 6.78. The zero-order valence-corrected chi connectivity index (χ0v) is 11.5. The summed E-state index contributed by atoms with van der Waals surface area (Å²) in [7, 11) is 1.60. The maximum atomic E-state index is 12.0. The van der Waals surface area contributed by atoms with Gasteiger partial charge in [0.15, 0.2) is 0 Å². The molecule has 0 fully saturated rings. The van der Waals surface area contributed by atoms with Crippen molar-refractivity contribution >= 4 is 29.0 Å². The number of aromatic nitrogens is 2. The third kappa shape index (κ3) is 4.22. The molecule has 1 aromatic heterocycles. The summed E-state index contributed by atoms with van der Waals surface area (Å²) in [6.07, 6.45) is 1.37. The third-order valence-electron chi connectivity index (χ3n) is 2.26. The second-order valence-corrected chi connectivity index (χ2v) is 4.64. The minimum atomic E-state index is -0.149. The molecule has 1 atom stereocenters. The first-order valence-electron chi connectivity index (χ1n) is 5.39. The molecule has 1 N–H and O–H groups in total. The van der Waals surface area contributed by atoms with Gasteiger partial charge in [-0.2, -0.15) is 0 Å². The van der Waals surface area contributed by atoms with E-state index < -0.39 is 0 Å². The van der Waals surface area contributed by atoms with Crippen LogP contribution in [-0.2, 0) is 11.2 Å². The molecule has 0 bridgehead atoms. The number of carbonyl (C=O) groups excluding carboxylic acids is 1. The summed E-state index contributed by atoms with van der Waals surface area (Å²) < 4.78 is 8.82. The number of alkyl halides is 1. The normalized spacial score (nSPS) is 12.4. The van der Waals surface area contributed by atoms with E-state index >= 15 is 0 Å². The molecule has 0 aromatic carbocycles. The number of ether oxygens (including phenoxy) is 1. The SMILES string of the molecule is CCc1nnsc1C(=O)NC(CCCl)COC.